The summed E-state index contributed by atoms with van der Waals surface area (Å²) in [5.74, 6) is -0.00649. The molecule has 0 bridgehead atoms. The van der Waals surface area contributed by atoms with Gasteiger partial charge in [0.15, 0.2) is 11.0 Å². The largest absolute Gasteiger partial charge is 0.337 e. The van der Waals surface area contributed by atoms with E-state index in [2.05, 4.69) is 6.92 Å². The highest BCUT2D eigenvalue weighted by Crippen LogP contribution is 2.50. The Bertz CT molecular complexity index is 1110. The van der Waals surface area contributed by atoms with Crippen molar-refractivity contribution >= 4 is 63.4 Å². The van der Waals surface area contributed by atoms with Crippen molar-refractivity contribution in [2.45, 2.75) is 31.6 Å². The number of hydrogen-bond acceptors (Lipinski definition) is 6. The third kappa shape index (κ3) is 4.40. The van der Waals surface area contributed by atoms with Gasteiger partial charge in [0.1, 0.15) is 4.91 Å². The molecule has 1 saturated heterocycles. The molecule has 8 heteroatoms. The van der Waals surface area contributed by atoms with Gasteiger partial charge in [-0.2, -0.15) is 0 Å². The maximum Gasteiger partial charge on any atom is 0.269 e. The van der Waals surface area contributed by atoms with E-state index in [0.717, 1.165) is 34.1 Å². The summed E-state index contributed by atoms with van der Waals surface area (Å²) in [6.45, 7) is 4.26. The monoisotopic (exact) mass is 471 g/mol. The second kappa shape index (κ2) is 9.10. The number of aliphatic imine (C=N–C) groups is 1. The second-order valence-corrected chi connectivity index (χ2v) is 9.76. The number of amides is 1. The van der Waals surface area contributed by atoms with Gasteiger partial charge < -0.3 is 4.90 Å². The van der Waals surface area contributed by atoms with E-state index in [1.54, 1.807) is 28.8 Å². The Kier molecular flexibility index (Phi) is 6.46. The van der Waals surface area contributed by atoms with Crippen LogP contribution in [0, 0.1) is 0 Å². The van der Waals surface area contributed by atoms with Crippen LogP contribution in [0.15, 0.2) is 62.3 Å². The number of halogens is 1. The van der Waals surface area contributed by atoms with Crippen LogP contribution >= 0.6 is 35.1 Å². The van der Waals surface area contributed by atoms with E-state index in [4.69, 9.17) is 16.6 Å². The molecule has 1 fully saturated rings. The summed E-state index contributed by atoms with van der Waals surface area (Å²) in [5, 5.41) is 2.23. The van der Waals surface area contributed by atoms with Crippen molar-refractivity contribution in [3.8, 4) is 0 Å². The Morgan fingerprint density at radius 2 is 1.87 bits per heavy atom. The Hall–Kier alpha value is -2.22. The maximum absolute atomic E-state index is 13.4. The number of anilines is 1. The Morgan fingerprint density at radius 1 is 1.13 bits per heavy atom. The van der Waals surface area contributed by atoms with Crippen LogP contribution in [0.5, 0.6) is 0 Å². The Morgan fingerprint density at radius 3 is 2.55 bits per heavy atom. The van der Waals surface area contributed by atoms with E-state index in [1.165, 1.54) is 18.7 Å². The minimum Gasteiger partial charge on any atom is -0.337 e. The molecule has 2 heterocycles. The predicted octanol–water partition coefficient (Wildman–Crippen LogP) is 6.32. The normalized spacial score (nSPS) is 19.5. The first-order chi connectivity index (χ1) is 14.9. The van der Waals surface area contributed by atoms with Crippen molar-refractivity contribution in [1.82, 2.24) is 4.90 Å². The highest BCUT2D eigenvalue weighted by atomic mass is 35.5. The van der Waals surface area contributed by atoms with E-state index in [9.17, 15) is 9.59 Å². The molecule has 5 nitrogen and oxygen atoms in total. The molecule has 0 aromatic heterocycles. The van der Waals surface area contributed by atoms with Crippen LogP contribution in [0.2, 0.25) is 5.02 Å². The topological polar surface area (TPSA) is 53.0 Å². The van der Waals surface area contributed by atoms with Gasteiger partial charge in [0, 0.05) is 29.1 Å². The lowest BCUT2D eigenvalue weighted by atomic mass is 10.1. The van der Waals surface area contributed by atoms with Crippen LogP contribution in [-0.2, 0) is 4.79 Å². The van der Waals surface area contributed by atoms with Crippen molar-refractivity contribution in [2.75, 3.05) is 18.5 Å². The van der Waals surface area contributed by atoms with E-state index in [1.807, 2.05) is 42.3 Å². The molecule has 4 rings (SSSR count). The first kappa shape index (κ1) is 22.0. The molecular formula is C23H22ClN3O2S2. The van der Waals surface area contributed by atoms with E-state index >= 15 is 0 Å². The number of Topliss-reactive ketones (excluding diaryl/α,β-unsaturated/α-hetero) is 1. The van der Waals surface area contributed by atoms with Crippen LogP contribution in [0.1, 0.15) is 37.0 Å². The molecule has 0 saturated carbocycles. The summed E-state index contributed by atoms with van der Waals surface area (Å²) in [6, 6.07) is 12.9. The third-order valence-electron chi connectivity index (χ3n) is 5.09. The Balaban J connectivity index is 1.69. The zero-order valence-electron chi connectivity index (χ0n) is 17.5. The number of fused-ring (bicyclic) bond motifs is 1. The lowest BCUT2D eigenvalue weighted by Gasteiger charge is -2.16. The molecule has 1 amide bonds. The van der Waals surface area contributed by atoms with Crippen LogP contribution in [0.3, 0.4) is 0 Å². The number of carbonyl (C=O) groups is 2. The van der Waals surface area contributed by atoms with Gasteiger partial charge in [-0.05, 0) is 67.6 Å². The van der Waals surface area contributed by atoms with Gasteiger partial charge in [-0.25, -0.2) is 4.99 Å². The Labute approximate surface area is 195 Å². The molecular weight excluding hydrogens is 450 g/mol. The summed E-state index contributed by atoms with van der Waals surface area (Å²) in [5.41, 5.74) is 2.36. The van der Waals surface area contributed by atoms with Gasteiger partial charge in [0.2, 0.25) is 0 Å². The number of amidine groups is 1. The molecule has 0 N–H and O–H groups in total. The molecule has 0 unspecified atom stereocenters. The highest BCUT2D eigenvalue weighted by molar-refractivity contribution is 8.19. The molecule has 2 aliphatic heterocycles. The van der Waals surface area contributed by atoms with Crippen LogP contribution in [-0.4, -0.2) is 35.4 Å². The number of ketones is 1. The first-order valence-electron chi connectivity index (χ1n) is 10.0. The molecule has 0 radical (unpaired) electrons. The minimum absolute atomic E-state index is 0.0159. The van der Waals surface area contributed by atoms with Crippen molar-refractivity contribution < 1.29 is 9.59 Å². The minimum atomic E-state index is -0.0224. The summed E-state index contributed by atoms with van der Waals surface area (Å²) in [4.78, 5) is 35.2. The third-order valence-corrected chi connectivity index (χ3v) is 7.75. The fourth-order valence-electron chi connectivity index (χ4n) is 3.33. The molecule has 0 aliphatic carbocycles. The van der Waals surface area contributed by atoms with Gasteiger partial charge in [-0.1, -0.05) is 36.7 Å². The van der Waals surface area contributed by atoms with E-state index in [0.29, 0.717) is 27.2 Å². The zero-order chi connectivity index (χ0) is 22.1. The number of hydrogen-bond donors (Lipinski definition) is 0. The number of rotatable bonds is 5. The second-order valence-electron chi connectivity index (χ2n) is 7.32. The zero-order valence-corrected chi connectivity index (χ0v) is 19.9. The maximum atomic E-state index is 13.4. The molecule has 0 spiro atoms. The lowest BCUT2D eigenvalue weighted by molar-refractivity contribution is -0.122. The molecule has 2 aromatic carbocycles. The van der Waals surface area contributed by atoms with Crippen molar-refractivity contribution in [3.05, 3.63) is 63.0 Å². The van der Waals surface area contributed by atoms with Gasteiger partial charge in [0.25, 0.3) is 5.91 Å². The standard InChI is InChI=1S/C23H22ClN3O2S2/c1-4-5-12-27-21(29)20(22-26(3)18-13-16(24)8-11-19(18)30-22)31-23(27)25-17-9-6-15(7-10-17)14(2)28/h6-11,13H,4-5,12H2,1-3H3/b22-20-,25-23?. The van der Waals surface area contributed by atoms with Gasteiger partial charge in [-0.3, -0.25) is 14.5 Å². The van der Waals surface area contributed by atoms with Crippen molar-refractivity contribution in [3.63, 3.8) is 0 Å². The summed E-state index contributed by atoms with van der Waals surface area (Å²) >= 11 is 9.16. The van der Waals surface area contributed by atoms with Crippen molar-refractivity contribution in [1.29, 1.82) is 0 Å². The lowest BCUT2D eigenvalue weighted by Crippen LogP contribution is -2.30. The predicted molar refractivity (Wildman–Crippen MR) is 130 cm³/mol. The van der Waals surface area contributed by atoms with Gasteiger partial charge in [0.05, 0.1) is 16.4 Å². The van der Waals surface area contributed by atoms with E-state index in [-0.39, 0.29) is 11.7 Å². The van der Waals surface area contributed by atoms with Crippen LogP contribution < -0.4 is 4.90 Å². The van der Waals surface area contributed by atoms with Gasteiger partial charge in [-0.15, -0.1) is 0 Å². The molecule has 160 valence electrons. The number of benzene rings is 2. The van der Waals surface area contributed by atoms with Crippen molar-refractivity contribution in [2.24, 2.45) is 4.99 Å². The van der Waals surface area contributed by atoms with Gasteiger partial charge >= 0.3 is 0 Å². The van der Waals surface area contributed by atoms with Crippen LogP contribution in [0.25, 0.3) is 0 Å². The average molecular weight is 472 g/mol. The molecule has 0 atom stereocenters. The summed E-state index contributed by atoms with van der Waals surface area (Å²) < 4.78 is 0. The highest BCUT2D eigenvalue weighted by Gasteiger charge is 2.38. The number of carbonyl (C=O) groups excluding carboxylic acids is 2. The molecule has 2 aromatic rings. The fourth-order valence-corrected chi connectivity index (χ4v) is 5.85. The quantitative estimate of drug-likeness (QED) is 0.377. The summed E-state index contributed by atoms with van der Waals surface area (Å²) in [7, 11) is 1.96. The summed E-state index contributed by atoms with van der Waals surface area (Å²) in [6.07, 6.45) is 1.88. The SMILES string of the molecule is CCCCN1C(=O)/C(=C2/Sc3ccc(Cl)cc3N2C)SC1=Nc1ccc(C(C)=O)cc1. The first-order valence-corrected chi connectivity index (χ1v) is 12.0. The smallest absolute Gasteiger partial charge is 0.269 e. The fraction of sp³-hybridized carbons (Fsp3) is 0.261. The number of thioether (sulfide) groups is 2. The van der Waals surface area contributed by atoms with E-state index < -0.39 is 0 Å². The average Bonchev–Trinajstić information content (AvgIpc) is 3.23. The number of unbranched alkanes of at least 4 members (excludes halogenated alkanes) is 1. The number of nitrogens with zero attached hydrogens (tertiary/aromatic N) is 3. The van der Waals surface area contributed by atoms with Crippen LogP contribution in [0.4, 0.5) is 11.4 Å². The molecule has 31 heavy (non-hydrogen) atoms. The molecule has 2 aliphatic rings.